The first-order chi connectivity index (χ1) is 13.4. The molecule has 0 saturated carbocycles. The predicted octanol–water partition coefficient (Wildman–Crippen LogP) is 3.20. The van der Waals surface area contributed by atoms with E-state index in [0.717, 1.165) is 44.1 Å². The molecular formula is C19H27F3IN3O3. The average molecular weight is 529 g/mol. The normalized spacial score (nSPS) is 22.9. The Morgan fingerprint density at radius 1 is 1.21 bits per heavy atom. The van der Waals surface area contributed by atoms with Crippen LogP contribution in [0.2, 0.25) is 0 Å². The van der Waals surface area contributed by atoms with Crippen LogP contribution in [0.25, 0.3) is 0 Å². The number of nitrogens with zero attached hydrogens (tertiary/aromatic N) is 2. The molecule has 2 aliphatic heterocycles. The van der Waals surface area contributed by atoms with E-state index < -0.39 is 6.36 Å². The number of morpholine rings is 1. The molecule has 2 aliphatic rings. The van der Waals surface area contributed by atoms with Gasteiger partial charge in [0.1, 0.15) is 11.9 Å². The Balaban J connectivity index is 0.00000300. The summed E-state index contributed by atoms with van der Waals surface area (Å²) in [7, 11) is 1.74. The Morgan fingerprint density at radius 3 is 2.55 bits per heavy atom. The van der Waals surface area contributed by atoms with E-state index in [1.807, 2.05) is 0 Å². The number of alkyl halides is 3. The Bertz CT molecular complexity index is 652. The largest absolute Gasteiger partial charge is 0.573 e. The first-order valence-electron chi connectivity index (χ1n) is 9.48. The van der Waals surface area contributed by atoms with Crippen molar-refractivity contribution in [2.45, 2.75) is 37.8 Å². The van der Waals surface area contributed by atoms with Crippen LogP contribution in [-0.2, 0) is 15.9 Å². The minimum atomic E-state index is -4.67. The van der Waals surface area contributed by atoms with E-state index in [1.165, 1.54) is 12.1 Å². The van der Waals surface area contributed by atoms with Gasteiger partial charge in [0.15, 0.2) is 5.96 Å². The van der Waals surface area contributed by atoms with Crippen molar-refractivity contribution >= 4 is 29.9 Å². The monoisotopic (exact) mass is 529 g/mol. The maximum Gasteiger partial charge on any atom is 0.573 e. The molecule has 3 rings (SSSR count). The summed E-state index contributed by atoms with van der Waals surface area (Å²) in [4.78, 5) is 6.51. The van der Waals surface area contributed by atoms with Gasteiger partial charge in [-0.1, -0.05) is 12.1 Å². The molecule has 2 atom stereocenters. The molecule has 6 nitrogen and oxygen atoms in total. The van der Waals surface area contributed by atoms with Crippen LogP contribution in [0.5, 0.6) is 5.75 Å². The van der Waals surface area contributed by atoms with E-state index in [-0.39, 0.29) is 41.9 Å². The molecule has 0 spiro atoms. The second-order valence-corrected chi connectivity index (χ2v) is 6.82. The van der Waals surface area contributed by atoms with Gasteiger partial charge < -0.3 is 24.4 Å². The SMILES string of the molecule is CN=C(NCCc1ccc(OC(F)(F)F)cc1)N1CCOC(C2CCCO2)C1.I. The zero-order chi connectivity index (χ0) is 20.0. The van der Waals surface area contributed by atoms with Gasteiger partial charge in [-0.25, -0.2) is 0 Å². The lowest BCUT2D eigenvalue weighted by Crippen LogP contribution is -2.53. The zero-order valence-electron chi connectivity index (χ0n) is 16.3. The topological polar surface area (TPSA) is 55.3 Å². The fourth-order valence-electron chi connectivity index (χ4n) is 3.50. The Morgan fingerprint density at radius 2 is 1.93 bits per heavy atom. The summed E-state index contributed by atoms with van der Waals surface area (Å²) >= 11 is 0. The molecule has 1 aromatic rings. The van der Waals surface area contributed by atoms with E-state index in [0.29, 0.717) is 19.6 Å². The van der Waals surface area contributed by atoms with Gasteiger partial charge in [0, 0.05) is 33.3 Å². The molecule has 2 unspecified atom stereocenters. The van der Waals surface area contributed by atoms with E-state index in [4.69, 9.17) is 9.47 Å². The van der Waals surface area contributed by atoms with Crippen LogP contribution in [0.15, 0.2) is 29.3 Å². The second kappa shape index (κ2) is 11.2. The molecule has 1 aromatic carbocycles. The number of hydrogen-bond acceptors (Lipinski definition) is 4. The third-order valence-electron chi connectivity index (χ3n) is 4.84. The van der Waals surface area contributed by atoms with Gasteiger partial charge in [-0.15, -0.1) is 37.1 Å². The minimum Gasteiger partial charge on any atom is -0.406 e. The van der Waals surface area contributed by atoms with Crippen LogP contribution < -0.4 is 10.1 Å². The van der Waals surface area contributed by atoms with E-state index in [1.54, 1.807) is 19.2 Å². The van der Waals surface area contributed by atoms with Gasteiger partial charge in [0.05, 0.1) is 12.7 Å². The van der Waals surface area contributed by atoms with Gasteiger partial charge in [-0.2, -0.15) is 0 Å². The number of rotatable bonds is 5. The zero-order valence-corrected chi connectivity index (χ0v) is 18.6. The molecule has 0 amide bonds. The van der Waals surface area contributed by atoms with Crippen LogP contribution in [0, 0.1) is 0 Å². The summed E-state index contributed by atoms with van der Waals surface area (Å²) in [5.41, 5.74) is 0.914. The number of ether oxygens (including phenoxy) is 3. The number of hydrogen-bond donors (Lipinski definition) is 1. The predicted molar refractivity (Wildman–Crippen MR) is 114 cm³/mol. The lowest BCUT2D eigenvalue weighted by atomic mass is 10.1. The van der Waals surface area contributed by atoms with E-state index >= 15 is 0 Å². The van der Waals surface area contributed by atoms with Gasteiger partial charge >= 0.3 is 6.36 Å². The third kappa shape index (κ3) is 7.49. The molecule has 2 fully saturated rings. The number of aliphatic imine (C=N–C) groups is 1. The quantitative estimate of drug-likeness (QED) is 0.361. The van der Waals surface area contributed by atoms with Gasteiger partial charge in [-0.05, 0) is 37.0 Å². The fourth-order valence-corrected chi connectivity index (χ4v) is 3.50. The highest BCUT2D eigenvalue weighted by Gasteiger charge is 2.32. The molecule has 2 heterocycles. The summed E-state index contributed by atoms with van der Waals surface area (Å²) in [6.45, 7) is 3.53. The third-order valence-corrected chi connectivity index (χ3v) is 4.84. The molecule has 164 valence electrons. The van der Waals surface area contributed by atoms with Crippen molar-refractivity contribution in [2.75, 3.05) is 39.9 Å². The van der Waals surface area contributed by atoms with Crippen molar-refractivity contribution in [3.05, 3.63) is 29.8 Å². The second-order valence-electron chi connectivity index (χ2n) is 6.82. The molecule has 0 bridgehead atoms. The highest BCUT2D eigenvalue weighted by Crippen LogP contribution is 2.23. The van der Waals surface area contributed by atoms with Crippen molar-refractivity contribution in [1.82, 2.24) is 10.2 Å². The standard InChI is InChI=1S/C19H26F3N3O3.HI/c1-23-18(25-10-12-27-17(13-25)16-3-2-11-26-16)24-9-8-14-4-6-15(7-5-14)28-19(20,21)22;/h4-7,16-17H,2-3,8-13H2,1H3,(H,23,24);1H. The van der Waals surface area contributed by atoms with Gasteiger partial charge in [0.25, 0.3) is 0 Å². The lowest BCUT2D eigenvalue weighted by Gasteiger charge is -2.37. The molecule has 0 radical (unpaired) electrons. The summed E-state index contributed by atoms with van der Waals surface area (Å²) in [6.07, 6.45) is -1.71. The van der Waals surface area contributed by atoms with E-state index in [2.05, 4.69) is 19.9 Å². The lowest BCUT2D eigenvalue weighted by molar-refractivity contribution is -0.274. The molecule has 0 aromatic heterocycles. The Labute approximate surface area is 185 Å². The number of halogens is 4. The van der Waals surface area contributed by atoms with Gasteiger partial charge in [0.2, 0.25) is 0 Å². The molecule has 1 N–H and O–H groups in total. The fraction of sp³-hybridized carbons (Fsp3) is 0.632. The molecule has 29 heavy (non-hydrogen) atoms. The number of guanidine groups is 1. The van der Waals surface area contributed by atoms with Crippen molar-refractivity contribution in [3.8, 4) is 5.75 Å². The van der Waals surface area contributed by atoms with Crippen molar-refractivity contribution in [1.29, 1.82) is 0 Å². The number of nitrogens with one attached hydrogen (secondary N) is 1. The highest BCUT2D eigenvalue weighted by molar-refractivity contribution is 14.0. The summed E-state index contributed by atoms with van der Waals surface area (Å²) in [5.74, 6) is 0.580. The van der Waals surface area contributed by atoms with Crippen LogP contribution in [0.1, 0.15) is 18.4 Å². The Hall–Kier alpha value is -1.27. The van der Waals surface area contributed by atoms with Crippen LogP contribution >= 0.6 is 24.0 Å². The summed E-state index contributed by atoms with van der Waals surface area (Å²) < 4.78 is 52.1. The summed E-state index contributed by atoms with van der Waals surface area (Å²) in [5, 5.41) is 3.32. The van der Waals surface area contributed by atoms with Crippen LogP contribution in [0.4, 0.5) is 13.2 Å². The number of benzene rings is 1. The highest BCUT2D eigenvalue weighted by atomic mass is 127. The van der Waals surface area contributed by atoms with Crippen molar-refractivity contribution < 1.29 is 27.4 Å². The van der Waals surface area contributed by atoms with E-state index in [9.17, 15) is 13.2 Å². The first-order valence-corrected chi connectivity index (χ1v) is 9.48. The molecule has 2 saturated heterocycles. The maximum atomic E-state index is 12.2. The van der Waals surface area contributed by atoms with Crippen LogP contribution in [0.3, 0.4) is 0 Å². The molecule has 0 aliphatic carbocycles. The molecular weight excluding hydrogens is 502 g/mol. The first kappa shape index (κ1) is 24.0. The van der Waals surface area contributed by atoms with Crippen molar-refractivity contribution in [2.24, 2.45) is 4.99 Å². The minimum absolute atomic E-state index is 0. The van der Waals surface area contributed by atoms with Crippen LogP contribution in [-0.4, -0.2) is 69.3 Å². The summed E-state index contributed by atoms with van der Waals surface area (Å²) in [6, 6.07) is 5.92. The molecule has 10 heteroatoms. The Kier molecular flexibility index (Phi) is 9.28. The van der Waals surface area contributed by atoms with Gasteiger partial charge in [-0.3, -0.25) is 4.99 Å². The van der Waals surface area contributed by atoms with Crippen molar-refractivity contribution in [3.63, 3.8) is 0 Å². The maximum absolute atomic E-state index is 12.2. The smallest absolute Gasteiger partial charge is 0.406 e. The average Bonchev–Trinajstić information content (AvgIpc) is 3.20.